The molecule has 0 unspecified atom stereocenters. The van der Waals surface area contributed by atoms with E-state index in [0.717, 1.165) is 17.1 Å². The Kier molecular flexibility index (Phi) is 4.30. The number of aliphatic hydroxyl groups is 1. The first-order valence-electron chi connectivity index (χ1n) is 6.48. The number of rotatable bonds is 4. The fraction of sp³-hybridized carbons (Fsp3) is 0.538. The van der Waals surface area contributed by atoms with Crippen molar-refractivity contribution in [3.8, 4) is 0 Å². The zero-order chi connectivity index (χ0) is 15.0. The predicted octanol–water partition coefficient (Wildman–Crippen LogP) is 1.85. The molecule has 112 valence electrons. The molecule has 2 rings (SSSR count). The topological polar surface area (TPSA) is 83.6 Å². The molecule has 0 amide bonds. The fourth-order valence-corrected chi connectivity index (χ4v) is 4.21. The quantitative estimate of drug-likeness (QED) is 0.830. The number of hydrogen-bond donors (Lipinski definition) is 2. The third-order valence-electron chi connectivity index (χ3n) is 3.72. The highest BCUT2D eigenvalue weighted by molar-refractivity contribution is 7.89. The van der Waals surface area contributed by atoms with E-state index in [0.29, 0.717) is 17.9 Å². The first-order chi connectivity index (χ1) is 9.24. The Bertz CT molecular complexity index is 598. The van der Waals surface area contributed by atoms with Crippen LogP contribution in [0.2, 0.25) is 5.02 Å². The predicted molar refractivity (Wildman–Crippen MR) is 79.1 cm³/mol. The highest BCUT2D eigenvalue weighted by Gasteiger charge is 2.36. The van der Waals surface area contributed by atoms with Crippen LogP contribution in [0, 0.1) is 0 Å². The lowest BCUT2D eigenvalue weighted by Gasteiger charge is -2.28. The molecule has 1 aliphatic carbocycles. The summed E-state index contributed by atoms with van der Waals surface area (Å²) in [5.41, 5.74) is 4.94. The molecule has 0 bridgehead atoms. The standard InChI is InChI=1S/C13H19ClN2O3S/c1-16(9-13(17)6-2-3-7-13)20(18,19)12-8-10(14)4-5-11(12)15/h4-5,8,17H,2-3,6-7,9,15H2,1H3. The number of halogens is 1. The van der Waals surface area contributed by atoms with E-state index in [1.165, 1.54) is 19.2 Å². The summed E-state index contributed by atoms with van der Waals surface area (Å²) in [7, 11) is -2.30. The average Bonchev–Trinajstić information content (AvgIpc) is 2.78. The summed E-state index contributed by atoms with van der Waals surface area (Å²) in [6.07, 6.45) is 3.09. The van der Waals surface area contributed by atoms with Gasteiger partial charge in [-0.3, -0.25) is 0 Å². The molecule has 20 heavy (non-hydrogen) atoms. The minimum atomic E-state index is -3.75. The van der Waals surface area contributed by atoms with Crippen LogP contribution in [0.1, 0.15) is 25.7 Å². The Labute approximate surface area is 124 Å². The molecule has 1 aromatic carbocycles. The zero-order valence-corrected chi connectivity index (χ0v) is 12.9. The van der Waals surface area contributed by atoms with Gasteiger partial charge in [0.15, 0.2) is 0 Å². The van der Waals surface area contributed by atoms with E-state index in [1.54, 1.807) is 6.07 Å². The first-order valence-corrected chi connectivity index (χ1v) is 8.30. The van der Waals surface area contributed by atoms with Gasteiger partial charge in [0.1, 0.15) is 4.90 Å². The lowest BCUT2D eigenvalue weighted by molar-refractivity contribution is 0.0333. The second-order valence-corrected chi connectivity index (χ2v) is 7.82. The molecule has 1 aliphatic rings. The molecular formula is C13H19ClN2O3S. The Balaban J connectivity index is 2.27. The molecule has 0 atom stereocenters. The van der Waals surface area contributed by atoms with Crippen LogP contribution in [0.5, 0.6) is 0 Å². The molecule has 1 aromatic rings. The highest BCUT2D eigenvalue weighted by atomic mass is 35.5. The normalized spacial score (nSPS) is 18.6. The molecule has 0 saturated heterocycles. The van der Waals surface area contributed by atoms with Crippen LogP contribution in [-0.2, 0) is 10.0 Å². The van der Waals surface area contributed by atoms with E-state index < -0.39 is 15.6 Å². The summed E-state index contributed by atoms with van der Waals surface area (Å²) in [6, 6.07) is 4.34. The molecule has 1 saturated carbocycles. The van der Waals surface area contributed by atoms with Crippen LogP contribution in [0.15, 0.2) is 23.1 Å². The van der Waals surface area contributed by atoms with Crippen molar-refractivity contribution in [2.75, 3.05) is 19.3 Å². The van der Waals surface area contributed by atoms with Gasteiger partial charge < -0.3 is 10.8 Å². The second-order valence-electron chi connectivity index (χ2n) is 5.37. The average molecular weight is 319 g/mol. The van der Waals surface area contributed by atoms with Crippen molar-refractivity contribution < 1.29 is 13.5 Å². The summed E-state index contributed by atoms with van der Waals surface area (Å²) in [5.74, 6) is 0. The largest absolute Gasteiger partial charge is 0.398 e. The first kappa shape index (κ1) is 15.6. The number of nitrogens with two attached hydrogens (primary N) is 1. The third-order valence-corrected chi connectivity index (χ3v) is 5.81. The monoisotopic (exact) mass is 318 g/mol. The molecule has 0 aromatic heterocycles. The number of hydrogen-bond acceptors (Lipinski definition) is 4. The molecule has 0 spiro atoms. The summed E-state index contributed by atoms with van der Waals surface area (Å²) in [5, 5.41) is 10.6. The van der Waals surface area contributed by atoms with Gasteiger partial charge in [-0.1, -0.05) is 24.4 Å². The molecule has 5 nitrogen and oxygen atoms in total. The zero-order valence-electron chi connectivity index (χ0n) is 11.3. The van der Waals surface area contributed by atoms with E-state index in [4.69, 9.17) is 17.3 Å². The lowest BCUT2D eigenvalue weighted by Crippen LogP contribution is -2.42. The number of nitrogen functional groups attached to an aromatic ring is 1. The second kappa shape index (κ2) is 5.52. The van der Waals surface area contributed by atoms with Crippen LogP contribution in [0.3, 0.4) is 0 Å². The number of sulfonamides is 1. The maximum atomic E-state index is 12.5. The van der Waals surface area contributed by atoms with E-state index in [9.17, 15) is 13.5 Å². The molecule has 7 heteroatoms. The number of nitrogens with zero attached hydrogens (tertiary/aromatic N) is 1. The number of anilines is 1. The van der Waals surface area contributed by atoms with Crippen molar-refractivity contribution in [2.45, 2.75) is 36.2 Å². The van der Waals surface area contributed by atoms with Crippen LogP contribution in [0.4, 0.5) is 5.69 Å². The van der Waals surface area contributed by atoms with Gasteiger partial charge in [-0.25, -0.2) is 8.42 Å². The Morgan fingerprint density at radius 1 is 1.40 bits per heavy atom. The smallest absolute Gasteiger partial charge is 0.245 e. The maximum Gasteiger partial charge on any atom is 0.245 e. The summed E-state index contributed by atoms with van der Waals surface area (Å²) >= 11 is 5.84. The van der Waals surface area contributed by atoms with Crippen LogP contribution in [-0.4, -0.2) is 37.0 Å². The van der Waals surface area contributed by atoms with Crippen molar-refractivity contribution in [1.82, 2.24) is 4.31 Å². The minimum absolute atomic E-state index is 0.0194. The van der Waals surface area contributed by atoms with Crippen molar-refractivity contribution in [2.24, 2.45) is 0 Å². The van der Waals surface area contributed by atoms with Gasteiger partial charge in [0.2, 0.25) is 10.0 Å². The molecule has 0 aliphatic heterocycles. The van der Waals surface area contributed by atoms with E-state index in [2.05, 4.69) is 0 Å². The molecule has 0 radical (unpaired) electrons. The number of benzene rings is 1. The van der Waals surface area contributed by atoms with Gasteiger partial charge in [0.25, 0.3) is 0 Å². The van der Waals surface area contributed by atoms with Gasteiger partial charge in [0, 0.05) is 18.6 Å². The Morgan fingerprint density at radius 3 is 2.60 bits per heavy atom. The maximum absolute atomic E-state index is 12.5. The third kappa shape index (κ3) is 3.09. The summed E-state index contributed by atoms with van der Waals surface area (Å²) < 4.78 is 26.2. The Morgan fingerprint density at radius 2 is 2.00 bits per heavy atom. The van der Waals surface area contributed by atoms with E-state index >= 15 is 0 Å². The van der Waals surface area contributed by atoms with Gasteiger partial charge in [-0.2, -0.15) is 4.31 Å². The van der Waals surface area contributed by atoms with Crippen molar-refractivity contribution in [1.29, 1.82) is 0 Å². The number of likely N-dealkylation sites (N-methyl/N-ethyl adjacent to an activating group) is 1. The summed E-state index contributed by atoms with van der Waals surface area (Å²) in [6.45, 7) is 0.0707. The SMILES string of the molecule is CN(CC1(O)CCCC1)S(=O)(=O)c1cc(Cl)ccc1N. The summed E-state index contributed by atoms with van der Waals surface area (Å²) in [4.78, 5) is -0.0194. The fourth-order valence-electron chi connectivity index (χ4n) is 2.59. The van der Waals surface area contributed by atoms with E-state index in [1.807, 2.05) is 0 Å². The van der Waals surface area contributed by atoms with Gasteiger partial charge >= 0.3 is 0 Å². The van der Waals surface area contributed by atoms with Crippen molar-refractivity contribution in [3.63, 3.8) is 0 Å². The lowest BCUT2D eigenvalue weighted by atomic mass is 10.0. The van der Waals surface area contributed by atoms with Gasteiger partial charge in [-0.15, -0.1) is 0 Å². The minimum Gasteiger partial charge on any atom is -0.398 e. The molecular weight excluding hydrogens is 300 g/mol. The van der Waals surface area contributed by atoms with Gasteiger partial charge in [0.05, 0.1) is 11.3 Å². The van der Waals surface area contributed by atoms with E-state index in [-0.39, 0.29) is 17.1 Å². The van der Waals surface area contributed by atoms with Crippen LogP contribution < -0.4 is 5.73 Å². The molecule has 3 N–H and O–H groups in total. The Hall–Kier alpha value is -0.820. The van der Waals surface area contributed by atoms with Crippen molar-refractivity contribution in [3.05, 3.63) is 23.2 Å². The van der Waals surface area contributed by atoms with Crippen LogP contribution >= 0.6 is 11.6 Å². The molecule has 0 heterocycles. The van der Waals surface area contributed by atoms with Crippen molar-refractivity contribution >= 4 is 27.3 Å². The highest BCUT2D eigenvalue weighted by Crippen LogP contribution is 2.32. The molecule has 1 fully saturated rings. The van der Waals surface area contributed by atoms with Gasteiger partial charge in [-0.05, 0) is 31.0 Å². The van der Waals surface area contributed by atoms with Crippen LogP contribution in [0.25, 0.3) is 0 Å².